The molecule has 118 valence electrons. The van der Waals surface area contributed by atoms with E-state index in [9.17, 15) is 9.59 Å². The zero-order valence-electron chi connectivity index (χ0n) is 12.9. The Bertz CT molecular complexity index is 772. The molecule has 0 spiro atoms. The van der Waals surface area contributed by atoms with Gasteiger partial charge in [0.2, 0.25) is 0 Å². The van der Waals surface area contributed by atoms with Crippen molar-refractivity contribution in [2.24, 2.45) is 7.05 Å². The van der Waals surface area contributed by atoms with Gasteiger partial charge in [-0.2, -0.15) is 0 Å². The third-order valence-corrected chi connectivity index (χ3v) is 4.31. The molecule has 0 atom stereocenters. The summed E-state index contributed by atoms with van der Waals surface area (Å²) in [6, 6.07) is 5.48. The SMILES string of the molecule is Cn1c(=O)[nH]c2cc(NCCN3CCCCC3)ccc2c1=O. The van der Waals surface area contributed by atoms with Gasteiger partial charge in [-0.15, -0.1) is 0 Å². The second-order valence-corrected chi connectivity index (χ2v) is 5.88. The van der Waals surface area contributed by atoms with E-state index in [1.54, 1.807) is 6.07 Å². The Hall–Kier alpha value is -2.08. The summed E-state index contributed by atoms with van der Waals surface area (Å²) < 4.78 is 1.09. The van der Waals surface area contributed by atoms with Gasteiger partial charge in [-0.1, -0.05) is 6.42 Å². The molecule has 0 saturated carbocycles. The number of fused-ring (bicyclic) bond motifs is 1. The zero-order chi connectivity index (χ0) is 15.5. The Balaban J connectivity index is 1.71. The van der Waals surface area contributed by atoms with Gasteiger partial charge in [0.25, 0.3) is 5.56 Å². The predicted octanol–water partition coefficient (Wildman–Crippen LogP) is 1.12. The molecule has 0 unspecified atom stereocenters. The molecular weight excluding hydrogens is 280 g/mol. The van der Waals surface area contributed by atoms with Gasteiger partial charge in [-0.3, -0.25) is 9.36 Å². The number of anilines is 1. The molecule has 1 fully saturated rings. The Morgan fingerprint density at radius 2 is 1.95 bits per heavy atom. The van der Waals surface area contributed by atoms with Crippen molar-refractivity contribution < 1.29 is 0 Å². The van der Waals surface area contributed by atoms with Crippen LogP contribution in [0, 0.1) is 0 Å². The molecular formula is C16H22N4O2. The Morgan fingerprint density at radius 1 is 1.18 bits per heavy atom. The van der Waals surface area contributed by atoms with E-state index in [1.807, 2.05) is 12.1 Å². The number of aromatic amines is 1. The second-order valence-electron chi connectivity index (χ2n) is 5.88. The summed E-state index contributed by atoms with van der Waals surface area (Å²) in [5.74, 6) is 0. The predicted molar refractivity (Wildman–Crippen MR) is 88.6 cm³/mol. The summed E-state index contributed by atoms with van der Waals surface area (Å²) >= 11 is 0. The lowest BCUT2D eigenvalue weighted by molar-refractivity contribution is 0.237. The molecule has 6 heteroatoms. The van der Waals surface area contributed by atoms with E-state index in [0.29, 0.717) is 10.9 Å². The van der Waals surface area contributed by atoms with Crippen LogP contribution in [0.25, 0.3) is 10.9 Å². The molecule has 3 rings (SSSR count). The molecule has 0 bridgehead atoms. The highest BCUT2D eigenvalue weighted by Gasteiger charge is 2.09. The number of benzene rings is 1. The molecule has 1 aromatic heterocycles. The fourth-order valence-corrected chi connectivity index (χ4v) is 2.96. The van der Waals surface area contributed by atoms with Crippen molar-refractivity contribution >= 4 is 16.6 Å². The normalized spacial score (nSPS) is 16.0. The van der Waals surface area contributed by atoms with E-state index in [-0.39, 0.29) is 11.2 Å². The lowest BCUT2D eigenvalue weighted by atomic mass is 10.1. The smallest absolute Gasteiger partial charge is 0.328 e. The molecule has 1 aliphatic rings. The molecule has 6 nitrogen and oxygen atoms in total. The first kappa shape index (κ1) is 14.8. The topological polar surface area (TPSA) is 70.1 Å². The summed E-state index contributed by atoms with van der Waals surface area (Å²) in [6.07, 6.45) is 3.93. The molecule has 2 N–H and O–H groups in total. The van der Waals surface area contributed by atoms with Crippen LogP contribution in [0.2, 0.25) is 0 Å². The molecule has 1 aliphatic heterocycles. The lowest BCUT2D eigenvalue weighted by Gasteiger charge is -2.26. The quantitative estimate of drug-likeness (QED) is 0.888. The fraction of sp³-hybridized carbons (Fsp3) is 0.500. The Kier molecular flexibility index (Phi) is 4.29. The maximum Gasteiger partial charge on any atom is 0.328 e. The van der Waals surface area contributed by atoms with Crippen LogP contribution >= 0.6 is 0 Å². The number of likely N-dealkylation sites (tertiary alicyclic amines) is 1. The summed E-state index contributed by atoms with van der Waals surface area (Å²) in [6.45, 7) is 4.25. The van der Waals surface area contributed by atoms with Crippen LogP contribution in [-0.2, 0) is 7.05 Å². The first-order valence-corrected chi connectivity index (χ1v) is 7.84. The number of hydrogen-bond acceptors (Lipinski definition) is 4. The van der Waals surface area contributed by atoms with Crippen molar-refractivity contribution in [3.63, 3.8) is 0 Å². The van der Waals surface area contributed by atoms with E-state index < -0.39 is 0 Å². The van der Waals surface area contributed by atoms with Gasteiger partial charge in [0.05, 0.1) is 10.9 Å². The van der Waals surface area contributed by atoms with Crippen molar-refractivity contribution in [3.05, 3.63) is 39.0 Å². The van der Waals surface area contributed by atoms with Crippen LogP contribution in [0.5, 0.6) is 0 Å². The highest BCUT2D eigenvalue weighted by Crippen LogP contribution is 2.14. The molecule has 1 saturated heterocycles. The van der Waals surface area contributed by atoms with Crippen molar-refractivity contribution in [1.82, 2.24) is 14.5 Å². The van der Waals surface area contributed by atoms with Crippen molar-refractivity contribution in [2.75, 3.05) is 31.5 Å². The molecule has 0 aliphatic carbocycles. The first-order chi connectivity index (χ1) is 10.6. The molecule has 2 aromatic rings. The second kappa shape index (κ2) is 6.36. The average molecular weight is 302 g/mol. The first-order valence-electron chi connectivity index (χ1n) is 7.84. The number of hydrogen-bond donors (Lipinski definition) is 2. The van der Waals surface area contributed by atoms with Gasteiger partial charge < -0.3 is 15.2 Å². The number of aromatic nitrogens is 2. The van der Waals surface area contributed by atoms with E-state index >= 15 is 0 Å². The van der Waals surface area contributed by atoms with Crippen molar-refractivity contribution in [3.8, 4) is 0 Å². The monoisotopic (exact) mass is 302 g/mol. The van der Waals surface area contributed by atoms with Crippen LogP contribution in [0.1, 0.15) is 19.3 Å². The van der Waals surface area contributed by atoms with E-state index in [0.717, 1.165) is 23.3 Å². The highest BCUT2D eigenvalue weighted by atomic mass is 16.2. The van der Waals surface area contributed by atoms with Gasteiger partial charge in [-0.05, 0) is 44.1 Å². The maximum absolute atomic E-state index is 12.0. The number of H-pyrrole nitrogens is 1. The minimum atomic E-state index is -0.386. The standard InChI is InChI=1S/C16H22N4O2/c1-19-15(21)13-6-5-12(11-14(13)18-16(19)22)17-7-10-20-8-3-2-4-9-20/h5-6,11,17H,2-4,7-10H2,1H3,(H,18,22). The van der Waals surface area contributed by atoms with Crippen LogP contribution in [0.3, 0.4) is 0 Å². The number of nitrogens with zero attached hydrogens (tertiary/aromatic N) is 2. The third-order valence-electron chi connectivity index (χ3n) is 4.31. The molecule has 2 heterocycles. The minimum Gasteiger partial charge on any atom is -0.384 e. The van der Waals surface area contributed by atoms with Crippen LogP contribution in [0.15, 0.2) is 27.8 Å². The number of piperidine rings is 1. The van der Waals surface area contributed by atoms with E-state index in [2.05, 4.69) is 15.2 Å². The minimum absolute atomic E-state index is 0.265. The van der Waals surface area contributed by atoms with Crippen LogP contribution in [-0.4, -0.2) is 40.6 Å². The van der Waals surface area contributed by atoms with Gasteiger partial charge in [0.1, 0.15) is 0 Å². The van der Waals surface area contributed by atoms with Gasteiger partial charge >= 0.3 is 5.69 Å². The maximum atomic E-state index is 12.0. The lowest BCUT2D eigenvalue weighted by Crippen LogP contribution is -2.33. The average Bonchev–Trinajstić information content (AvgIpc) is 2.54. The molecule has 22 heavy (non-hydrogen) atoms. The van der Waals surface area contributed by atoms with Crippen molar-refractivity contribution in [1.29, 1.82) is 0 Å². The molecule has 1 aromatic carbocycles. The van der Waals surface area contributed by atoms with Gasteiger partial charge in [0, 0.05) is 25.8 Å². The summed E-state index contributed by atoms with van der Waals surface area (Å²) in [7, 11) is 1.48. The molecule has 0 radical (unpaired) electrons. The molecule has 0 amide bonds. The van der Waals surface area contributed by atoms with Gasteiger partial charge in [0.15, 0.2) is 0 Å². The zero-order valence-corrected chi connectivity index (χ0v) is 12.9. The van der Waals surface area contributed by atoms with E-state index in [4.69, 9.17) is 0 Å². The highest BCUT2D eigenvalue weighted by molar-refractivity contribution is 5.81. The van der Waals surface area contributed by atoms with Crippen molar-refractivity contribution in [2.45, 2.75) is 19.3 Å². The largest absolute Gasteiger partial charge is 0.384 e. The number of nitrogens with one attached hydrogen (secondary N) is 2. The summed E-state index contributed by atoms with van der Waals surface area (Å²) in [5, 5.41) is 3.90. The van der Waals surface area contributed by atoms with Gasteiger partial charge in [-0.25, -0.2) is 4.79 Å². The fourth-order valence-electron chi connectivity index (χ4n) is 2.96. The summed E-state index contributed by atoms with van der Waals surface area (Å²) in [5.41, 5.74) is 0.853. The van der Waals surface area contributed by atoms with E-state index in [1.165, 1.54) is 39.4 Å². The van der Waals surface area contributed by atoms with Crippen LogP contribution in [0.4, 0.5) is 5.69 Å². The summed E-state index contributed by atoms with van der Waals surface area (Å²) in [4.78, 5) is 28.9. The third kappa shape index (κ3) is 3.06. The Morgan fingerprint density at radius 3 is 2.73 bits per heavy atom. The van der Waals surface area contributed by atoms with Crippen LogP contribution < -0.4 is 16.6 Å². The Labute approximate surface area is 128 Å². The number of rotatable bonds is 4.